The highest BCUT2D eigenvalue weighted by Gasteiger charge is 2.29. The monoisotopic (exact) mass is 474 g/mol. The van der Waals surface area contributed by atoms with E-state index in [1.54, 1.807) is 52.7 Å². The third-order valence-corrected chi connectivity index (χ3v) is 8.18. The number of carbonyl (C=O) groups is 1. The van der Waals surface area contributed by atoms with E-state index in [-0.39, 0.29) is 23.9 Å². The van der Waals surface area contributed by atoms with Crippen molar-refractivity contribution < 1.29 is 17.9 Å². The first kappa shape index (κ1) is 22.5. The fourth-order valence-electron chi connectivity index (χ4n) is 3.71. The van der Waals surface area contributed by atoms with Crippen LogP contribution in [0.3, 0.4) is 0 Å². The predicted molar refractivity (Wildman–Crippen MR) is 125 cm³/mol. The summed E-state index contributed by atoms with van der Waals surface area (Å²) >= 11 is 1.61. The molecule has 1 saturated heterocycles. The van der Waals surface area contributed by atoms with Crippen LogP contribution in [0.5, 0.6) is 5.75 Å². The molecule has 170 valence electrons. The van der Waals surface area contributed by atoms with Crippen LogP contribution in [0.15, 0.2) is 41.4 Å². The number of sulfonamides is 1. The summed E-state index contributed by atoms with van der Waals surface area (Å²) in [6.07, 6.45) is 5.33. The van der Waals surface area contributed by atoms with E-state index in [0.717, 1.165) is 21.2 Å². The Bertz CT molecular complexity index is 1250. The first-order valence-electron chi connectivity index (χ1n) is 10.4. The number of fused-ring (bicyclic) bond motifs is 1. The van der Waals surface area contributed by atoms with Gasteiger partial charge in [-0.2, -0.15) is 4.31 Å². The molecular weight excluding hydrogens is 448 g/mol. The van der Waals surface area contributed by atoms with E-state index in [2.05, 4.69) is 4.98 Å². The molecule has 10 heteroatoms. The smallest absolute Gasteiger partial charge is 0.246 e. The minimum Gasteiger partial charge on any atom is -0.494 e. The Morgan fingerprint density at radius 2 is 1.84 bits per heavy atom. The second kappa shape index (κ2) is 9.05. The average Bonchev–Trinajstić information content (AvgIpc) is 3.27. The zero-order valence-corrected chi connectivity index (χ0v) is 19.9. The van der Waals surface area contributed by atoms with Crippen LogP contribution in [0.2, 0.25) is 0 Å². The molecule has 0 N–H and O–H groups in total. The van der Waals surface area contributed by atoms with Gasteiger partial charge in [-0.25, -0.2) is 13.4 Å². The van der Waals surface area contributed by atoms with Gasteiger partial charge in [0, 0.05) is 43.3 Å². The highest BCUT2D eigenvalue weighted by molar-refractivity contribution is 7.89. The van der Waals surface area contributed by atoms with Crippen molar-refractivity contribution in [3.63, 3.8) is 0 Å². The van der Waals surface area contributed by atoms with Crippen molar-refractivity contribution in [2.24, 2.45) is 0 Å². The maximum atomic E-state index is 12.9. The van der Waals surface area contributed by atoms with Crippen molar-refractivity contribution in [3.05, 3.63) is 52.8 Å². The maximum Gasteiger partial charge on any atom is 0.246 e. The molecule has 2 aromatic heterocycles. The van der Waals surface area contributed by atoms with E-state index in [4.69, 9.17) is 4.74 Å². The minimum absolute atomic E-state index is 0.135. The number of aryl methyl sites for hydroxylation is 2. The topological polar surface area (TPSA) is 84.2 Å². The van der Waals surface area contributed by atoms with Gasteiger partial charge in [0.25, 0.3) is 0 Å². The molecule has 0 saturated carbocycles. The standard InChI is InChI=1S/C22H26N4O4S2/c1-4-30-18-5-7-19(8-6-18)32(28,29)25-13-11-24(12-14-25)21(27)10-9-20-17(3)23-22-26(20)15-16(2)31-22/h5-10,15H,4,11-14H2,1-3H3/b10-9+. The van der Waals surface area contributed by atoms with Gasteiger partial charge in [-0.15, -0.1) is 11.3 Å². The van der Waals surface area contributed by atoms with E-state index >= 15 is 0 Å². The molecule has 1 fully saturated rings. The summed E-state index contributed by atoms with van der Waals surface area (Å²) in [4.78, 5) is 21.2. The number of amides is 1. The van der Waals surface area contributed by atoms with Gasteiger partial charge in [-0.3, -0.25) is 9.20 Å². The van der Waals surface area contributed by atoms with Crippen molar-refractivity contribution in [3.8, 4) is 5.75 Å². The van der Waals surface area contributed by atoms with Gasteiger partial charge in [0.2, 0.25) is 15.9 Å². The Balaban J connectivity index is 1.40. The molecule has 0 atom stereocenters. The lowest BCUT2D eigenvalue weighted by molar-refractivity contribution is -0.127. The van der Waals surface area contributed by atoms with Gasteiger partial charge in [0.05, 0.1) is 22.9 Å². The second-order valence-corrected chi connectivity index (χ2v) is 10.7. The highest BCUT2D eigenvalue weighted by atomic mass is 32.2. The quantitative estimate of drug-likeness (QED) is 0.513. The van der Waals surface area contributed by atoms with Gasteiger partial charge in [0.15, 0.2) is 4.96 Å². The van der Waals surface area contributed by atoms with E-state index in [1.807, 2.05) is 31.4 Å². The summed E-state index contributed by atoms with van der Waals surface area (Å²) in [5, 5.41) is 0. The number of aromatic nitrogens is 2. The number of carbonyl (C=O) groups excluding carboxylic acids is 1. The Morgan fingerprint density at radius 3 is 2.50 bits per heavy atom. The fraction of sp³-hybridized carbons (Fsp3) is 0.364. The van der Waals surface area contributed by atoms with Crippen LogP contribution in [-0.2, 0) is 14.8 Å². The number of piperazine rings is 1. The van der Waals surface area contributed by atoms with Gasteiger partial charge >= 0.3 is 0 Å². The number of hydrogen-bond donors (Lipinski definition) is 0. The largest absolute Gasteiger partial charge is 0.494 e. The van der Waals surface area contributed by atoms with E-state index in [1.165, 1.54) is 4.31 Å². The molecule has 0 spiro atoms. The zero-order valence-electron chi connectivity index (χ0n) is 18.3. The normalized spacial score (nSPS) is 15.7. The second-order valence-electron chi connectivity index (χ2n) is 7.54. The fourth-order valence-corrected chi connectivity index (χ4v) is 6.01. The van der Waals surface area contributed by atoms with Crippen molar-refractivity contribution in [1.82, 2.24) is 18.6 Å². The predicted octanol–water partition coefficient (Wildman–Crippen LogP) is 2.96. The minimum atomic E-state index is -3.61. The first-order chi connectivity index (χ1) is 15.3. The van der Waals surface area contributed by atoms with Gasteiger partial charge in [-0.05, 0) is 51.1 Å². The van der Waals surface area contributed by atoms with Gasteiger partial charge in [-0.1, -0.05) is 0 Å². The molecule has 1 aliphatic heterocycles. The number of hydrogen-bond acceptors (Lipinski definition) is 6. The van der Waals surface area contributed by atoms with E-state index < -0.39 is 10.0 Å². The van der Waals surface area contributed by atoms with Crippen molar-refractivity contribution in [2.45, 2.75) is 25.7 Å². The van der Waals surface area contributed by atoms with Crippen LogP contribution in [0.4, 0.5) is 0 Å². The molecule has 0 aliphatic carbocycles. The lowest BCUT2D eigenvalue weighted by atomic mass is 10.3. The number of imidazole rings is 1. The maximum absolute atomic E-state index is 12.9. The molecule has 0 unspecified atom stereocenters. The molecule has 1 aromatic carbocycles. The summed E-state index contributed by atoms with van der Waals surface area (Å²) in [6.45, 7) is 7.55. The van der Waals surface area contributed by atoms with Crippen LogP contribution >= 0.6 is 11.3 Å². The summed E-state index contributed by atoms with van der Waals surface area (Å²) < 4.78 is 34.7. The lowest BCUT2D eigenvalue weighted by Gasteiger charge is -2.33. The van der Waals surface area contributed by atoms with E-state index in [0.29, 0.717) is 25.4 Å². The lowest BCUT2D eigenvalue weighted by Crippen LogP contribution is -2.50. The Hall–Kier alpha value is -2.69. The summed E-state index contributed by atoms with van der Waals surface area (Å²) in [5.41, 5.74) is 1.75. The van der Waals surface area contributed by atoms with Crippen LogP contribution in [-0.4, -0.2) is 65.7 Å². The molecule has 3 aromatic rings. The van der Waals surface area contributed by atoms with Crippen LogP contribution in [0.1, 0.15) is 23.2 Å². The van der Waals surface area contributed by atoms with Crippen molar-refractivity contribution in [1.29, 1.82) is 0 Å². The van der Waals surface area contributed by atoms with E-state index in [9.17, 15) is 13.2 Å². The number of ether oxygens (including phenoxy) is 1. The SMILES string of the molecule is CCOc1ccc(S(=O)(=O)N2CCN(C(=O)/C=C/c3c(C)nc4sc(C)cn34)CC2)cc1. The van der Waals surface area contributed by atoms with Crippen LogP contribution in [0, 0.1) is 13.8 Å². The molecule has 4 rings (SSSR count). The van der Waals surface area contributed by atoms with Gasteiger partial charge in [0.1, 0.15) is 5.75 Å². The number of nitrogens with zero attached hydrogens (tertiary/aromatic N) is 4. The molecule has 3 heterocycles. The highest BCUT2D eigenvalue weighted by Crippen LogP contribution is 2.23. The third-order valence-electron chi connectivity index (χ3n) is 5.37. The van der Waals surface area contributed by atoms with Crippen LogP contribution < -0.4 is 4.74 Å². The summed E-state index contributed by atoms with van der Waals surface area (Å²) in [6, 6.07) is 6.43. The number of benzene rings is 1. The molecule has 8 nitrogen and oxygen atoms in total. The Kier molecular flexibility index (Phi) is 6.36. The summed E-state index contributed by atoms with van der Waals surface area (Å²) in [7, 11) is -3.61. The third kappa shape index (κ3) is 4.43. The summed E-state index contributed by atoms with van der Waals surface area (Å²) in [5.74, 6) is 0.501. The molecule has 0 radical (unpaired) electrons. The Labute approximate surface area is 191 Å². The Morgan fingerprint density at radius 1 is 1.16 bits per heavy atom. The molecule has 0 bridgehead atoms. The van der Waals surface area contributed by atoms with Crippen molar-refractivity contribution in [2.75, 3.05) is 32.8 Å². The molecular formula is C22H26N4O4S2. The number of rotatable bonds is 6. The van der Waals surface area contributed by atoms with Gasteiger partial charge < -0.3 is 9.64 Å². The molecule has 1 aliphatic rings. The molecule has 1 amide bonds. The zero-order chi connectivity index (χ0) is 22.9. The first-order valence-corrected chi connectivity index (χ1v) is 12.7. The van der Waals surface area contributed by atoms with Crippen LogP contribution in [0.25, 0.3) is 11.0 Å². The molecule has 32 heavy (non-hydrogen) atoms. The van der Waals surface area contributed by atoms with Crippen molar-refractivity contribution >= 4 is 38.3 Å². The average molecular weight is 475 g/mol. The number of thiazole rings is 1.